The van der Waals surface area contributed by atoms with Crippen LogP contribution >= 0.6 is 11.3 Å². The molecule has 13 heteroatoms. The number of hydrogen-bond acceptors (Lipinski definition) is 8. The number of halogens is 2. The number of rotatable bonds is 8. The number of carbonyl (C=O) groups excluding carboxylic acids is 2. The number of ether oxygens (including phenoxy) is 2. The molecule has 4 heterocycles. The van der Waals surface area contributed by atoms with Gasteiger partial charge in [-0.2, -0.15) is 0 Å². The van der Waals surface area contributed by atoms with Crippen molar-refractivity contribution in [2.75, 3.05) is 33.4 Å². The fourth-order valence-corrected chi connectivity index (χ4v) is 6.33. The predicted octanol–water partition coefficient (Wildman–Crippen LogP) is 4.49. The highest BCUT2D eigenvalue weighted by atomic mass is 32.1. The summed E-state index contributed by atoms with van der Waals surface area (Å²) in [7, 11) is 1.73. The minimum absolute atomic E-state index is 0.0297. The Labute approximate surface area is 245 Å². The SMILES string of the molecule is CCCCOc1c2n(cc(-c3nnc(Cc4ccc(F)cc4F)s3)c1=O)CC1(CCN(C(=O)OCC)CC1)N(C)C2=O. The zero-order valence-electron chi connectivity index (χ0n) is 23.8. The van der Waals surface area contributed by atoms with E-state index in [-0.39, 0.29) is 54.2 Å². The van der Waals surface area contributed by atoms with Crippen LogP contribution in [0.25, 0.3) is 10.6 Å². The van der Waals surface area contributed by atoms with Gasteiger partial charge in [-0.1, -0.05) is 30.7 Å². The van der Waals surface area contributed by atoms with E-state index < -0.39 is 22.6 Å². The average Bonchev–Trinajstić information content (AvgIpc) is 3.43. The predicted molar refractivity (Wildman–Crippen MR) is 152 cm³/mol. The van der Waals surface area contributed by atoms with Crippen LogP contribution in [0.1, 0.15) is 60.6 Å². The Kier molecular flexibility index (Phi) is 8.58. The van der Waals surface area contributed by atoms with Crippen molar-refractivity contribution in [1.29, 1.82) is 0 Å². The minimum atomic E-state index is -0.686. The summed E-state index contributed by atoms with van der Waals surface area (Å²) in [4.78, 5) is 43.2. The molecule has 0 bridgehead atoms. The van der Waals surface area contributed by atoms with Crippen LogP contribution < -0.4 is 10.2 Å². The van der Waals surface area contributed by atoms with Crippen molar-refractivity contribution >= 4 is 23.3 Å². The molecule has 0 N–H and O–H groups in total. The molecule has 10 nitrogen and oxygen atoms in total. The molecular formula is C29H33F2N5O5S. The molecule has 5 rings (SSSR count). The molecule has 0 aliphatic carbocycles. The molecule has 2 aromatic heterocycles. The number of unbranched alkanes of at least 4 members (excludes halogenated alkanes) is 1. The molecule has 0 atom stereocenters. The second-order valence-electron chi connectivity index (χ2n) is 10.6. The third kappa shape index (κ3) is 5.61. The normalized spacial score (nSPS) is 16.1. The van der Waals surface area contributed by atoms with E-state index in [9.17, 15) is 23.2 Å². The quantitative estimate of drug-likeness (QED) is 0.350. The number of likely N-dealkylation sites (tertiary alicyclic amines) is 1. The Bertz CT molecular complexity index is 1550. The van der Waals surface area contributed by atoms with Gasteiger partial charge in [0.1, 0.15) is 16.6 Å². The third-order valence-corrected chi connectivity index (χ3v) is 8.90. The zero-order chi connectivity index (χ0) is 30.0. The van der Waals surface area contributed by atoms with Gasteiger partial charge in [0.2, 0.25) is 5.43 Å². The molecule has 224 valence electrons. The molecule has 42 heavy (non-hydrogen) atoms. The number of likely N-dealkylation sites (N-methyl/N-ethyl adjacent to an activating group) is 1. The molecule has 1 aromatic carbocycles. The third-order valence-electron chi connectivity index (χ3n) is 7.94. The average molecular weight is 602 g/mol. The van der Waals surface area contributed by atoms with Gasteiger partial charge in [0.05, 0.1) is 24.3 Å². The van der Waals surface area contributed by atoms with Gasteiger partial charge in [-0.05, 0) is 37.8 Å². The van der Waals surface area contributed by atoms with Crippen molar-refractivity contribution in [3.63, 3.8) is 0 Å². The second-order valence-corrected chi connectivity index (χ2v) is 11.6. The number of benzene rings is 1. The van der Waals surface area contributed by atoms with Crippen molar-refractivity contribution in [2.24, 2.45) is 0 Å². The fourth-order valence-electron chi connectivity index (χ4n) is 5.46. The summed E-state index contributed by atoms with van der Waals surface area (Å²) < 4.78 is 40.5. The summed E-state index contributed by atoms with van der Waals surface area (Å²) >= 11 is 1.13. The smallest absolute Gasteiger partial charge is 0.409 e. The first-order valence-electron chi connectivity index (χ1n) is 14.0. The summed E-state index contributed by atoms with van der Waals surface area (Å²) in [6.45, 7) is 5.57. The highest BCUT2D eigenvalue weighted by Gasteiger charge is 2.47. The lowest BCUT2D eigenvalue weighted by atomic mass is 9.83. The van der Waals surface area contributed by atoms with Gasteiger partial charge in [-0.15, -0.1) is 10.2 Å². The van der Waals surface area contributed by atoms with E-state index in [1.807, 2.05) is 6.92 Å². The van der Waals surface area contributed by atoms with E-state index in [2.05, 4.69) is 10.2 Å². The Morgan fingerprint density at radius 3 is 2.60 bits per heavy atom. The molecule has 1 fully saturated rings. The van der Waals surface area contributed by atoms with Gasteiger partial charge < -0.3 is 23.8 Å². The van der Waals surface area contributed by atoms with E-state index in [4.69, 9.17) is 9.47 Å². The summed E-state index contributed by atoms with van der Waals surface area (Å²) in [5.74, 6) is -1.71. The van der Waals surface area contributed by atoms with E-state index in [1.54, 1.807) is 34.5 Å². The second kappa shape index (κ2) is 12.2. The van der Waals surface area contributed by atoms with Crippen LogP contribution in [0.5, 0.6) is 5.75 Å². The fraction of sp³-hybridized carbons (Fsp3) is 0.483. The minimum Gasteiger partial charge on any atom is -0.487 e. The van der Waals surface area contributed by atoms with Gasteiger partial charge in [-0.3, -0.25) is 9.59 Å². The van der Waals surface area contributed by atoms with Crippen molar-refractivity contribution in [3.8, 4) is 16.3 Å². The van der Waals surface area contributed by atoms with Crippen molar-refractivity contribution in [3.05, 3.63) is 62.5 Å². The highest BCUT2D eigenvalue weighted by molar-refractivity contribution is 7.14. The number of nitrogens with zero attached hydrogens (tertiary/aromatic N) is 5. The van der Waals surface area contributed by atoms with Gasteiger partial charge in [0.25, 0.3) is 5.91 Å². The maximum Gasteiger partial charge on any atom is 0.409 e. The van der Waals surface area contributed by atoms with E-state index >= 15 is 0 Å². The molecule has 2 amide bonds. The molecule has 3 aromatic rings. The number of fused-ring (bicyclic) bond motifs is 1. The maximum atomic E-state index is 14.3. The lowest BCUT2D eigenvalue weighted by Gasteiger charge is -2.50. The first-order valence-corrected chi connectivity index (χ1v) is 14.9. The molecule has 1 spiro atoms. The Morgan fingerprint density at radius 2 is 1.90 bits per heavy atom. The van der Waals surface area contributed by atoms with Crippen LogP contribution in [0.3, 0.4) is 0 Å². The number of amides is 2. The maximum absolute atomic E-state index is 14.3. The molecule has 0 unspecified atom stereocenters. The molecule has 0 saturated carbocycles. The van der Waals surface area contributed by atoms with Gasteiger partial charge in [-0.25, -0.2) is 13.6 Å². The van der Waals surface area contributed by atoms with Crippen LogP contribution in [-0.4, -0.2) is 75.5 Å². The Hall–Kier alpha value is -3.87. The molecule has 2 aliphatic heterocycles. The molecule has 1 saturated heterocycles. The number of pyridine rings is 1. The van der Waals surface area contributed by atoms with Crippen LogP contribution in [0.2, 0.25) is 0 Å². The van der Waals surface area contributed by atoms with Gasteiger partial charge >= 0.3 is 6.09 Å². The number of aromatic nitrogens is 3. The zero-order valence-corrected chi connectivity index (χ0v) is 24.6. The number of carbonyl (C=O) groups is 2. The first-order chi connectivity index (χ1) is 20.2. The van der Waals surface area contributed by atoms with E-state index in [0.29, 0.717) is 48.9 Å². The number of piperidine rings is 1. The van der Waals surface area contributed by atoms with Crippen LogP contribution in [0, 0.1) is 11.6 Å². The van der Waals surface area contributed by atoms with Crippen molar-refractivity contribution < 1.29 is 27.8 Å². The lowest BCUT2D eigenvalue weighted by Crippen LogP contribution is -2.62. The van der Waals surface area contributed by atoms with Crippen LogP contribution in [-0.2, 0) is 17.7 Å². The van der Waals surface area contributed by atoms with E-state index in [0.717, 1.165) is 23.8 Å². The van der Waals surface area contributed by atoms with Crippen molar-refractivity contribution in [2.45, 2.75) is 58.0 Å². The van der Waals surface area contributed by atoms with E-state index in [1.165, 1.54) is 12.1 Å². The lowest BCUT2D eigenvalue weighted by molar-refractivity contribution is 0.00936. The van der Waals surface area contributed by atoms with Crippen molar-refractivity contribution in [1.82, 2.24) is 24.6 Å². The van der Waals surface area contributed by atoms with Crippen LogP contribution in [0.4, 0.5) is 13.6 Å². The summed E-state index contributed by atoms with van der Waals surface area (Å²) in [6, 6.07) is 3.35. The monoisotopic (exact) mass is 601 g/mol. The molecule has 0 radical (unpaired) electrons. The highest BCUT2D eigenvalue weighted by Crippen LogP contribution is 2.38. The standard InChI is InChI=1S/C29H33F2N5O5S/c1-4-6-13-41-25-23-27(38)34(3)29(9-11-35(12-10-29)28(39)40-5-2)17-36(23)16-20(24(25)37)26-33-32-22(42-26)14-18-7-8-19(30)15-21(18)31/h7-8,15-16H,4-6,9-14,17H2,1-3H3. The Balaban J connectivity index is 1.50. The topological polar surface area (TPSA) is 107 Å². The van der Waals surface area contributed by atoms with Crippen LogP contribution in [0.15, 0.2) is 29.2 Å². The summed E-state index contributed by atoms with van der Waals surface area (Å²) in [5, 5.41) is 9.13. The largest absolute Gasteiger partial charge is 0.487 e. The molecular weight excluding hydrogens is 568 g/mol. The Morgan fingerprint density at radius 1 is 1.14 bits per heavy atom. The van der Waals surface area contributed by atoms with Gasteiger partial charge in [0, 0.05) is 45.4 Å². The molecule has 2 aliphatic rings. The summed E-state index contributed by atoms with van der Waals surface area (Å²) in [5.41, 5.74) is -0.381. The summed E-state index contributed by atoms with van der Waals surface area (Å²) in [6.07, 6.45) is 3.95. The number of hydrogen-bond donors (Lipinski definition) is 0. The van der Waals surface area contributed by atoms with Gasteiger partial charge in [0.15, 0.2) is 16.5 Å². The first kappa shape index (κ1) is 29.6.